The van der Waals surface area contributed by atoms with Gasteiger partial charge in [0.1, 0.15) is 0 Å². The summed E-state index contributed by atoms with van der Waals surface area (Å²) < 4.78 is 0.957. The number of halogens is 1. The predicted octanol–water partition coefficient (Wildman–Crippen LogP) is 4.20. The Hall–Kier alpha value is -2.77. The van der Waals surface area contributed by atoms with E-state index in [0.29, 0.717) is 5.69 Å². The molecule has 0 radical (unpaired) electrons. The third-order valence-electron chi connectivity index (χ3n) is 4.80. The molecule has 0 aliphatic rings. The quantitative estimate of drug-likeness (QED) is 0.584. The zero-order chi connectivity index (χ0) is 21.0. The van der Waals surface area contributed by atoms with Crippen molar-refractivity contribution in [3.63, 3.8) is 0 Å². The summed E-state index contributed by atoms with van der Waals surface area (Å²) in [7, 11) is 1.75. The van der Waals surface area contributed by atoms with Gasteiger partial charge >= 0.3 is 0 Å². The molecule has 2 aromatic carbocycles. The van der Waals surface area contributed by atoms with Crippen LogP contribution in [0.1, 0.15) is 12.5 Å². The van der Waals surface area contributed by atoms with Crippen molar-refractivity contribution >= 4 is 50.0 Å². The molecule has 2 amide bonds. The summed E-state index contributed by atoms with van der Waals surface area (Å²) in [4.78, 5) is 31.1. The average Bonchev–Trinajstić information content (AvgIpc) is 2.69. The van der Waals surface area contributed by atoms with E-state index >= 15 is 0 Å². The van der Waals surface area contributed by atoms with Gasteiger partial charge in [-0.2, -0.15) is 0 Å². The molecule has 0 aliphatic carbocycles. The van der Waals surface area contributed by atoms with E-state index in [1.165, 1.54) is 0 Å². The van der Waals surface area contributed by atoms with Gasteiger partial charge in [-0.25, -0.2) is 0 Å². The Bertz CT molecular complexity index is 1050. The number of rotatable bonds is 6. The Kier molecular flexibility index (Phi) is 6.61. The van der Waals surface area contributed by atoms with Crippen molar-refractivity contribution in [3.8, 4) is 0 Å². The first-order valence-electron chi connectivity index (χ1n) is 9.26. The molecule has 0 unspecified atom stereocenters. The van der Waals surface area contributed by atoms with Crippen molar-refractivity contribution in [1.29, 1.82) is 0 Å². The fraction of sp³-hybridized carbons (Fsp3) is 0.227. The fourth-order valence-electron chi connectivity index (χ4n) is 2.97. The molecule has 0 saturated carbocycles. The summed E-state index contributed by atoms with van der Waals surface area (Å²) in [5, 5.41) is 6.72. The first-order chi connectivity index (χ1) is 13.8. The lowest BCUT2D eigenvalue weighted by atomic mass is 10.1. The summed E-state index contributed by atoms with van der Waals surface area (Å²) in [6.45, 7) is 3.80. The number of benzene rings is 2. The zero-order valence-corrected chi connectivity index (χ0v) is 18.2. The third kappa shape index (κ3) is 5.19. The smallest absolute Gasteiger partial charge is 0.241 e. The van der Waals surface area contributed by atoms with E-state index in [0.717, 1.165) is 26.6 Å². The van der Waals surface area contributed by atoms with Gasteiger partial charge in [0.25, 0.3) is 0 Å². The lowest BCUT2D eigenvalue weighted by Crippen LogP contribution is -2.43. The molecule has 1 atom stereocenters. The van der Waals surface area contributed by atoms with Crippen LogP contribution in [0.25, 0.3) is 10.9 Å². The number of anilines is 2. The number of nitrogens with zero attached hydrogens (tertiary/aromatic N) is 2. The Balaban J connectivity index is 1.62. The molecule has 0 fully saturated rings. The minimum Gasteiger partial charge on any atom is -0.325 e. The highest BCUT2D eigenvalue weighted by Gasteiger charge is 2.21. The van der Waals surface area contributed by atoms with Crippen LogP contribution in [0, 0.1) is 6.92 Å². The second-order valence-corrected chi connectivity index (χ2v) is 7.88. The Morgan fingerprint density at radius 1 is 1.10 bits per heavy atom. The highest BCUT2D eigenvalue weighted by Crippen LogP contribution is 2.22. The van der Waals surface area contributed by atoms with E-state index in [1.807, 2.05) is 55.5 Å². The number of fused-ring (bicyclic) bond motifs is 1. The topological polar surface area (TPSA) is 74.3 Å². The lowest BCUT2D eigenvalue weighted by molar-refractivity contribution is -0.122. The van der Waals surface area contributed by atoms with Crippen LogP contribution in [0.5, 0.6) is 0 Å². The molecule has 0 bridgehead atoms. The van der Waals surface area contributed by atoms with Crippen LogP contribution in [0.3, 0.4) is 0 Å². The molecule has 2 N–H and O–H groups in total. The highest BCUT2D eigenvalue weighted by atomic mass is 79.9. The Labute approximate surface area is 178 Å². The van der Waals surface area contributed by atoms with Crippen LogP contribution in [-0.2, 0) is 9.59 Å². The second kappa shape index (κ2) is 9.15. The van der Waals surface area contributed by atoms with Crippen molar-refractivity contribution in [1.82, 2.24) is 9.88 Å². The largest absolute Gasteiger partial charge is 0.325 e. The molecule has 0 spiro atoms. The number of hydrogen-bond acceptors (Lipinski definition) is 4. The maximum atomic E-state index is 12.7. The normalized spacial score (nSPS) is 12.0. The number of nitrogens with one attached hydrogen (secondary N) is 2. The number of hydrogen-bond donors (Lipinski definition) is 2. The fourth-order valence-corrected chi connectivity index (χ4v) is 3.45. The lowest BCUT2D eigenvalue weighted by Gasteiger charge is -2.23. The van der Waals surface area contributed by atoms with Crippen LogP contribution in [0.4, 0.5) is 11.4 Å². The van der Waals surface area contributed by atoms with Crippen molar-refractivity contribution in [3.05, 3.63) is 64.8 Å². The maximum Gasteiger partial charge on any atom is 0.241 e. The van der Waals surface area contributed by atoms with Crippen molar-refractivity contribution in [2.45, 2.75) is 19.9 Å². The molecule has 0 saturated heterocycles. The minimum absolute atomic E-state index is 0.0984. The van der Waals surface area contributed by atoms with Crippen molar-refractivity contribution in [2.24, 2.45) is 0 Å². The van der Waals surface area contributed by atoms with Gasteiger partial charge in [0.05, 0.1) is 23.8 Å². The average molecular weight is 455 g/mol. The standard InChI is InChI=1S/C22H23BrN4O2/c1-14-12-16(23)9-10-18(14)25-21(28)13-27(3)15(2)22(29)26-20-8-4-7-19-17(20)6-5-11-24-19/h4-12,15H,13H2,1-3H3,(H,25,28)(H,26,29)/t15-/m0/s1. The van der Waals surface area contributed by atoms with E-state index in [1.54, 1.807) is 25.1 Å². The van der Waals surface area contributed by atoms with Crippen LogP contribution >= 0.6 is 15.9 Å². The summed E-state index contributed by atoms with van der Waals surface area (Å²) in [5.74, 6) is -0.358. The maximum absolute atomic E-state index is 12.7. The van der Waals surface area contributed by atoms with Gasteiger partial charge in [0.15, 0.2) is 0 Å². The second-order valence-electron chi connectivity index (χ2n) is 6.96. The van der Waals surface area contributed by atoms with Gasteiger partial charge in [-0.1, -0.05) is 22.0 Å². The summed E-state index contributed by atoms with van der Waals surface area (Å²) in [6.07, 6.45) is 1.72. The third-order valence-corrected chi connectivity index (χ3v) is 5.29. The van der Waals surface area contributed by atoms with E-state index in [-0.39, 0.29) is 18.4 Å². The first kappa shape index (κ1) is 21.0. The molecule has 1 aromatic heterocycles. The Morgan fingerprint density at radius 3 is 2.66 bits per heavy atom. The zero-order valence-electron chi connectivity index (χ0n) is 16.6. The van der Waals surface area contributed by atoms with Gasteiger partial charge in [-0.15, -0.1) is 0 Å². The van der Waals surface area contributed by atoms with E-state index < -0.39 is 6.04 Å². The number of aromatic nitrogens is 1. The molecule has 1 heterocycles. The van der Waals surface area contributed by atoms with Crippen LogP contribution in [0.15, 0.2) is 59.2 Å². The number of carbonyl (C=O) groups is 2. The van der Waals surface area contributed by atoms with Gasteiger partial charge in [0.2, 0.25) is 11.8 Å². The summed E-state index contributed by atoms with van der Waals surface area (Å²) in [6, 6.07) is 14.5. The number of amides is 2. The number of aryl methyl sites for hydroxylation is 1. The monoisotopic (exact) mass is 454 g/mol. The van der Waals surface area contributed by atoms with Gasteiger partial charge in [0, 0.05) is 21.7 Å². The summed E-state index contributed by atoms with van der Waals surface area (Å²) in [5.41, 5.74) is 3.24. The summed E-state index contributed by atoms with van der Waals surface area (Å²) >= 11 is 3.41. The molecule has 29 heavy (non-hydrogen) atoms. The first-order valence-corrected chi connectivity index (χ1v) is 10.1. The molecule has 7 heteroatoms. The molecule has 6 nitrogen and oxygen atoms in total. The molecular formula is C22H23BrN4O2. The van der Waals surface area contributed by atoms with Gasteiger partial charge in [-0.3, -0.25) is 19.5 Å². The molecule has 150 valence electrons. The number of pyridine rings is 1. The molecule has 3 rings (SSSR count). The molecular weight excluding hydrogens is 432 g/mol. The van der Waals surface area contributed by atoms with Crippen LogP contribution in [-0.4, -0.2) is 41.3 Å². The van der Waals surface area contributed by atoms with E-state index in [9.17, 15) is 9.59 Å². The predicted molar refractivity (Wildman–Crippen MR) is 120 cm³/mol. The molecule has 3 aromatic rings. The number of carbonyl (C=O) groups excluding carboxylic acids is 2. The van der Waals surface area contributed by atoms with Gasteiger partial charge in [-0.05, 0) is 68.9 Å². The van der Waals surface area contributed by atoms with Crippen LogP contribution < -0.4 is 10.6 Å². The van der Waals surface area contributed by atoms with E-state index in [2.05, 4.69) is 31.5 Å². The Morgan fingerprint density at radius 2 is 1.90 bits per heavy atom. The van der Waals surface area contributed by atoms with Crippen LogP contribution in [0.2, 0.25) is 0 Å². The minimum atomic E-state index is -0.487. The van der Waals surface area contributed by atoms with E-state index in [4.69, 9.17) is 0 Å². The number of likely N-dealkylation sites (N-methyl/N-ethyl adjacent to an activating group) is 1. The van der Waals surface area contributed by atoms with Gasteiger partial charge < -0.3 is 10.6 Å². The highest BCUT2D eigenvalue weighted by molar-refractivity contribution is 9.10. The SMILES string of the molecule is Cc1cc(Br)ccc1NC(=O)CN(C)[C@@H](C)C(=O)Nc1cccc2ncccc12. The van der Waals surface area contributed by atoms with Crippen molar-refractivity contribution < 1.29 is 9.59 Å². The molecule has 0 aliphatic heterocycles. The van der Waals surface area contributed by atoms with Crippen molar-refractivity contribution in [2.75, 3.05) is 24.2 Å².